The number of ether oxygens (including phenoxy) is 2. The van der Waals surface area contributed by atoms with Crippen LogP contribution in [0, 0.1) is 0 Å². The van der Waals surface area contributed by atoms with Gasteiger partial charge in [-0.25, -0.2) is 0 Å². The lowest BCUT2D eigenvalue weighted by molar-refractivity contribution is -0.274. The highest BCUT2D eigenvalue weighted by molar-refractivity contribution is 5.91. The summed E-state index contributed by atoms with van der Waals surface area (Å²) in [6.07, 6.45) is 0.442. The highest BCUT2D eigenvalue weighted by atomic mass is 19.4. The lowest BCUT2D eigenvalue weighted by Gasteiger charge is -2.13. The Morgan fingerprint density at radius 2 is 1.55 bits per heavy atom. The highest BCUT2D eigenvalue weighted by Crippen LogP contribution is 2.34. The number of hydrogen-bond acceptors (Lipinski definition) is 3. The number of rotatable bonds is 9. The molecule has 0 amide bonds. The van der Waals surface area contributed by atoms with E-state index in [1.54, 1.807) is 18.2 Å². The van der Waals surface area contributed by atoms with Crippen molar-refractivity contribution in [1.82, 2.24) is 0 Å². The van der Waals surface area contributed by atoms with Crippen molar-refractivity contribution in [3.63, 3.8) is 0 Å². The van der Waals surface area contributed by atoms with Crippen LogP contribution < -0.4 is 9.47 Å². The molecule has 0 aromatic heterocycles. The molecule has 0 radical (unpaired) electrons. The van der Waals surface area contributed by atoms with Crippen LogP contribution in [-0.2, 0) is 6.42 Å². The van der Waals surface area contributed by atoms with E-state index in [1.165, 1.54) is 42.7 Å². The second-order valence-electron chi connectivity index (χ2n) is 7.11. The van der Waals surface area contributed by atoms with Crippen LogP contribution in [0.15, 0.2) is 66.7 Å². The molecule has 0 atom stereocenters. The summed E-state index contributed by atoms with van der Waals surface area (Å²) in [5, 5.41) is 0. The summed E-state index contributed by atoms with van der Waals surface area (Å²) in [5.41, 5.74) is 2.68. The number of alkyl halides is 3. The monoisotopic (exact) mass is 428 g/mol. The summed E-state index contributed by atoms with van der Waals surface area (Å²) >= 11 is 0. The van der Waals surface area contributed by atoms with Gasteiger partial charge in [0.25, 0.3) is 0 Å². The van der Waals surface area contributed by atoms with Gasteiger partial charge in [0.15, 0.2) is 6.29 Å². The van der Waals surface area contributed by atoms with Gasteiger partial charge >= 0.3 is 6.36 Å². The van der Waals surface area contributed by atoms with Crippen LogP contribution in [0.1, 0.15) is 42.1 Å². The van der Waals surface area contributed by atoms with Crippen molar-refractivity contribution < 1.29 is 27.4 Å². The Morgan fingerprint density at radius 1 is 0.871 bits per heavy atom. The van der Waals surface area contributed by atoms with Gasteiger partial charge in [-0.3, -0.25) is 4.79 Å². The molecule has 0 saturated carbocycles. The molecule has 0 heterocycles. The fourth-order valence-electron chi connectivity index (χ4n) is 3.27. The van der Waals surface area contributed by atoms with Crippen molar-refractivity contribution in [3.05, 3.63) is 77.9 Å². The first-order chi connectivity index (χ1) is 14.9. The minimum absolute atomic E-state index is 0.319. The van der Waals surface area contributed by atoms with Crippen molar-refractivity contribution in [1.29, 1.82) is 0 Å². The molecule has 162 valence electrons. The Hall–Kier alpha value is -3.28. The molecule has 3 rings (SSSR count). The molecule has 0 bridgehead atoms. The molecule has 0 fully saturated rings. The Bertz CT molecular complexity index is 994. The molecule has 0 aliphatic rings. The molecular weight excluding hydrogens is 405 g/mol. The van der Waals surface area contributed by atoms with Gasteiger partial charge in [-0.1, -0.05) is 56.2 Å². The van der Waals surface area contributed by atoms with Gasteiger partial charge in [0.05, 0.1) is 5.56 Å². The Balaban J connectivity index is 1.79. The van der Waals surface area contributed by atoms with E-state index < -0.39 is 6.36 Å². The maximum Gasteiger partial charge on any atom is 0.573 e. The third-order valence-corrected chi connectivity index (χ3v) is 4.80. The third kappa shape index (κ3) is 6.35. The molecule has 0 aliphatic heterocycles. The molecule has 0 aliphatic carbocycles. The maximum absolute atomic E-state index is 12.4. The average Bonchev–Trinajstić information content (AvgIpc) is 2.74. The number of benzene rings is 3. The summed E-state index contributed by atoms with van der Waals surface area (Å²) in [7, 11) is 0. The topological polar surface area (TPSA) is 35.5 Å². The minimum atomic E-state index is -4.76. The molecule has 31 heavy (non-hydrogen) atoms. The second kappa shape index (κ2) is 10.2. The van der Waals surface area contributed by atoms with Crippen molar-refractivity contribution in [2.75, 3.05) is 0 Å². The van der Waals surface area contributed by atoms with Crippen LogP contribution in [0.25, 0.3) is 11.1 Å². The van der Waals surface area contributed by atoms with Gasteiger partial charge in [0.1, 0.15) is 17.2 Å². The number of carbonyl (C=O) groups excluding carboxylic acids is 1. The van der Waals surface area contributed by atoms with Crippen molar-refractivity contribution in [2.45, 2.75) is 39.0 Å². The van der Waals surface area contributed by atoms with E-state index in [2.05, 4.69) is 11.7 Å². The Labute approximate surface area is 179 Å². The van der Waals surface area contributed by atoms with Gasteiger partial charge in [0, 0.05) is 0 Å². The fourth-order valence-corrected chi connectivity index (χ4v) is 3.27. The van der Waals surface area contributed by atoms with E-state index >= 15 is 0 Å². The van der Waals surface area contributed by atoms with E-state index in [1.807, 2.05) is 24.3 Å². The summed E-state index contributed by atoms with van der Waals surface area (Å²) < 4.78 is 46.9. The smallest absolute Gasteiger partial charge is 0.457 e. The molecule has 3 nitrogen and oxygen atoms in total. The zero-order valence-corrected chi connectivity index (χ0v) is 17.1. The molecule has 0 spiro atoms. The van der Waals surface area contributed by atoms with E-state index in [9.17, 15) is 18.0 Å². The van der Waals surface area contributed by atoms with Crippen LogP contribution in [-0.4, -0.2) is 12.6 Å². The minimum Gasteiger partial charge on any atom is -0.457 e. The van der Waals surface area contributed by atoms with Gasteiger partial charge in [0.2, 0.25) is 0 Å². The molecule has 6 heteroatoms. The first-order valence-corrected chi connectivity index (χ1v) is 10.1. The van der Waals surface area contributed by atoms with Crippen LogP contribution in [0.4, 0.5) is 13.2 Å². The normalized spacial score (nSPS) is 11.2. The highest BCUT2D eigenvalue weighted by Gasteiger charge is 2.31. The van der Waals surface area contributed by atoms with Gasteiger partial charge in [-0.2, -0.15) is 0 Å². The van der Waals surface area contributed by atoms with E-state index in [0.29, 0.717) is 34.5 Å². The van der Waals surface area contributed by atoms with Crippen LogP contribution in [0.2, 0.25) is 0 Å². The van der Waals surface area contributed by atoms with E-state index in [-0.39, 0.29) is 5.75 Å². The lowest BCUT2D eigenvalue weighted by atomic mass is 9.99. The first-order valence-electron chi connectivity index (χ1n) is 10.1. The van der Waals surface area contributed by atoms with E-state index in [4.69, 9.17) is 4.74 Å². The van der Waals surface area contributed by atoms with Crippen LogP contribution in [0.3, 0.4) is 0 Å². The van der Waals surface area contributed by atoms with Gasteiger partial charge in [-0.15, -0.1) is 13.2 Å². The molecule has 3 aromatic carbocycles. The van der Waals surface area contributed by atoms with E-state index in [0.717, 1.165) is 12.8 Å². The predicted molar refractivity (Wildman–Crippen MR) is 114 cm³/mol. The van der Waals surface area contributed by atoms with Crippen molar-refractivity contribution >= 4 is 6.29 Å². The van der Waals surface area contributed by atoms with Gasteiger partial charge in [-0.05, 0) is 59.9 Å². The Morgan fingerprint density at radius 3 is 2.16 bits per heavy atom. The SMILES string of the molecule is CCCCCc1ccc(Oc2cccc(-c3ccc(OC(F)(F)F)cc3)c2C=O)cc1. The quantitative estimate of drug-likeness (QED) is 0.260. The molecule has 0 saturated heterocycles. The summed E-state index contributed by atoms with van der Waals surface area (Å²) in [4.78, 5) is 11.8. The fraction of sp³-hybridized carbons (Fsp3) is 0.240. The predicted octanol–water partition coefficient (Wildman–Crippen LogP) is 7.59. The lowest BCUT2D eigenvalue weighted by Crippen LogP contribution is -2.16. The third-order valence-electron chi connectivity index (χ3n) is 4.80. The molecule has 3 aromatic rings. The number of aldehydes is 1. The number of aryl methyl sites for hydroxylation is 1. The van der Waals surface area contributed by atoms with Crippen molar-refractivity contribution in [2.24, 2.45) is 0 Å². The number of unbranched alkanes of at least 4 members (excludes halogenated alkanes) is 2. The zero-order chi connectivity index (χ0) is 22.3. The first kappa shape index (κ1) is 22.4. The standard InChI is InChI=1S/C25H23F3O3/c1-2-3-4-6-18-9-13-20(14-10-18)30-24-8-5-7-22(23(24)17-29)19-11-15-21(16-12-19)31-25(26,27)28/h5,7-17H,2-4,6H2,1H3. The number of carbonyl (C=O) groups is 1. The maximum atomic E-state index is 12.4. The zero-order valence-electron chi connectivity index (χ0n) is 17.1. The van der Waals surface area contributed by atoms with Crippen molar-refractivity contribution in [3.8, 4) is 28.4 Å². The summed E-state index contributed by atoms with van der Waals surface area (Å²) in [5.74, 6) is 0.658. The van der Waals surface area contributed by atoms with Crippen LogP contribution >= 0.6 is 0 Å². The molecule has 0 N–H and O–H groups in total. The largest absolute Gasteiger partial charge is 0.573 e. The summed E-state index contributed by atoms with van der Waals surface area (Å²) in [6, 6.07) is 18.2. The molecule has 0 unspecified atom stereocenters. The Kier molecular flexibility index (Phi) is 7.34. The van der Waals surface area contributed by atoms with Crippen LogP contribution in [0.5, 0.6) is 17.2 Å². The second-order valence-corrected chi connectivity index (χ2v) is 7.11. The molecular formula is C25H23F3O3. The number of halogens is 3. The van der Waals surface area contributed by atoms with Gasteiger partial charge < -0.3 is 9.47 Å². The number of hydrogen-bond donors (Lipinski definition) is 0. The summed E-state index contributed by atoms with van der Waals surface area (Å²) in [6.45, 7) is 2.17. The average molecular weight is 428 g/mol.